The van der Waals surface area contributed by atoms with Crippen LogP contribution in [0.1, 0.15) is 45.5 Å². The molecule has 0 bridgehead atoms. The van der Waals surface area contributed by atoms with Gasteiger partial charge in [0.1, 0.15) is 23.5 Å². The van der Waals surface area contributed by atoms with Gasteiger partial charge in [-0.2, -0.15) is 18.2 Å². The highest BCUT2D eigenvalue weighted by Crippen LogP contribution is 2.52. The highest BCUT2D eigenvalue weighted by molar-refractivity contribution is 7.53. The Morgan fingerprint density at radius 1 is 1.31 bits per heavy atom. The lowest BCUT2D eigenvalue weighted by Crippen LogP contribution is -2.39. The third kappa shape index (κ3) is 5.50. The number of aromatic nitrogens is 3. The number of H-pyrrole nitrogens is 1. The van der Waals surface area contributed by atoms with E-state index in [1.54, 1.807) is 6.92 Å². The number of ether oxygens (including phenoxy) is 1. The molecule has 35 heavy (non-hydrogen) atoms. The molecule has 1 aliphatic rings. The Bertz CT molecular complexity index is 1260. The fraction of sp³-hybridized carbons (Fsp3) is 0.632. The van der Waals surface area contributed by atoms with E-state index in [1.807, 2.05) is 4.98 Å². The Hall–Kier alpha value is -2.13. The van der Waals surface area contributed by atoms with Crippen LogP contribution in [0, 0.1) is 0 Å². The minimum absolute atomic E-state index is 0.131. The molecule has 2 aromatic rings. The van der Waals surface area contributed by atoms with E-state index in [4.69, 9.17) is 9.26 Å². The highest BCUT2D eigenvalue weighted by Gasteiger charge is 2.48. The van der Waals surface area contributed by atoms with Crippen molar-refractivity contribution in [3.05, 3.63) is 38.7 Å². The summed E-state index contributed by atoms with van der Waals surface area (Å²) in [6.45, 7) is 4.10. The average molecular weight is 527 g/mol. The number of nitrogens with one attached hydrogen (secondary N) is 1. The second kappa shape index (κ2) is 9.39. The molecule has 1 fully saturated rings. The van der Waals surface area contributed by atoms with Crippen LogP contribution in [0.25, 0.3) is 11.0 Å². The third-order valence-corrected chi connectivity index (χ3v) is 7.51. The van der Waals surface area contributed by atoms with Gasteiger partial charge in [0.2, 0.25) is 0 Å². The molecule has 0 spiro atoms. The maximum atomic E-state index is 13.0. The molecule has 0 saturated carbocycles. The summed E-state index contributed by atoms with van der Waals surface area (Å²) >= 11 is 0. The lowest BCUT2D eigenvalue weighted by atomic mass is 9.93. The maximum absolute atomic E-state index is 13.0. The fourth-order valence-corrected chi connectivity index (χ4v) is 4.63. The first-order valence-electron chi connectivity index (χ1n) is 10.5. The number of aromatic amines is 1. The molecule has 4 unspecified atom stereocenters. The first-order valence-corrected chi connectivity index (χ1v) is 12.1. The van der Waals surface area contributed by atoms with Crippen molar-refractivity contribution in [3.63, 3.8) is 0 Å². The predicted molar refractivity (Wildman–Crippen MR) is 113 cm³/mol. The van der Waals surface area contributed by atoms with Gasteiger partial charge in [-0.3, -0.25) is 13.9 Å². The molecule has 12 nitrogen and oxygen atoms in total. The normalized spacial score (nSPS) is 27.5. The molecule has 3 heterocycles. The van der Waals surface area contributed by atoms with E-state index < -0.39 is 77.6 Å². The quantitative estimate of drug-likeness (QED) is 0.323. The van der Waals surface area contributed by atoms with Crippen LogP contribution in [-0.2, 0) is 20.0 Å². The van der Waals surface area contributed by atoms with Crippen LogP contribution in [0.5, 0.6) is 0 Å². The summed E-state index contributed by atoms with van der Waals surface area (Å²) in [7, 11) is -4.45. The van der Waals surface area contributed by atoms with Crippen molar-refractivity contribution < 1.29 is 47.2 Å². The smallest absolute Gasteiger partial charge is 0.388 e. The average Bonchev–Trinajstić information content (AvgIpc) is 3.00. The summed E-state index contributed by atoms with van der Waals surface area (Å²) < 4.78 is 62.5. The molecule has 3 rings (SSSR count). The van der Waals surface area contributed by atoms with Crippen LogP contribution in [-0.4, -0.2) is 64.5 Å². The van der Waals surface area contributed by atoms with Crippen molar-refractivity contribution in [3.8, 4) is 0 Å². The van der Waals surface area contributed by atoms with Gasteiger partial charge >= 0.3 is 19.5 Å². The largest absolute Gasteiger partial charge is 0.431 e. The number of aliphatic hydroxyl groups excluding tert-OH is 3. The molecule has 5 N–H and O–H groups in total. The SMILES string of the molecule is CCC(C)(C[C@H]1O[C@@H](n2cc3c(=O)cc(C(F)(F)F)[nH]c3nc2=O)[C@@H](O)C1O)OP(=O)(O)C(C)O. The van der Waals surface area contributed by atoms with Gasteiger partial charge in [-0.05, 0) is 20.3 Å². The van der Waals surface area contributed by atoms with Crippen LogP contribution >= 0.6 is 7.60 Å². The van der Waals surface area contributed by atoms with Crippen molar-refractivity contribution in [2.75, 3.05) is 0 Å². The number of hydrogen-bond acceptors (Lipinski definition) is 9. The molecule has 196 valence electrons. The molecule has 0 aromatic carbocycles. The Kier molecular flexibility index (Phi) is 7.37. The number of hydrogen-bond donors (Lipinski definition) is 5. The van der Waals surface area contributed by atoms with Crippen LogP contribution in [0.2, 0.25) is 0 Å². The number of fused-ring (bicyclic) bond motifs is 1. The van der Waals surface area contributed by atoms with Gasteiger partial charge in [0, 0.05) is 18.7 Å². The van der Waals surface area contributed by atoms with Crippen molar-refractivity contribution >= 4 is 18.6 Å². The number of nitrogens with zero attached hydrogens (tertiary/aromatic N) is 2. The number of alkyl halides is 3. The van der Waals surface area contributed by atoms with Crippen LogP contribution < -0.4 is 11.1 Å². The Balaban J connectivity index is 1.94. The van der Waals surface area contributed by atoms with Crippen molar-refractivity contribution in [1.82, 2.24) is 14.5 Å². The van der Waals surface area contributed by atoms with Gasteiger partial charge in [-0.25, -0.2) is 4.79 Å². The Morgan fingerprint density at radius 2 is 1.94 bits per heavy atom. The number of aliphatic hydroxyl groups is 3. The zero-order valence-electron chi connectivity index (χ0n) is 18.8. The van der Waals surface area contributed by atoms with Gasteiger partial charge in [0.05, 0.1) is 17.1 Å². The summed E-state index contributed by atoms with van der Waals surface area (Å²) in [5, 5.41) is 30.1. The number of rotatable bonds is 7. The van der Waals surface area contributed by atoms with E-state index in [0.29, 0.717) is 10.6 Å². The van der Waals surface area contributed by atoms with E-state index >= 15 is 0 Å². The zero-order chi connectivity index (χ0) is 26.5. The van der Waals surface area contributed by atoms with Crippen molar-refractivity contribution in [2.45, 2.75) is 75.8 Å². The molecule has 2 aromatic heterocycles. The Labute approximate surface area is 195 Å². The highest BCUT2D eigenvalue weighted by atomic mass is 31.2. The lowest BCUT2D eigenvalue weighted by molar-refractivity contribution is -0.141. The summed E-state index contributed by atoms with van der Waals surface area (Å²) in [5.41, 5.74) is -5.70. The first-order chi connectivity index (χ1) is 16.0. The van der Waals surface area contributed by atoms with Crippen molar-refractivity contribution in [2.24, 2.45) is 0 Å². The van der Waals surface area contributed by atoms with Crippen LogP contribution in [0.4, 0.5) is 13.2 Å². The van der Waals surface area contributed by atoms with Gasteiger partial charge in [-0.1, -0.05) is 6.92 Å². The number of pyridine rings is 1. The van der Waals surface area contributed by atoms with E-state index in [1.165, 1.54) is 6.92 Å². The molecular weight excluding hydrogens is 502 g/mol. The van der Waals surface area contributed by atoms with Gasteiger partial charge in [-0.15, -0.1) is 0 Å². The van der Waals surface area contributed by atoms with Crippen LogP contribution in [0.15, 0.2) is 21.9 Å². The molecule has 1 aliphatic heterocycles. The first kappa shape index (κ1) is 27.5. The molecular formula is C19H25F3N3O9P. The molecule has 16 heteroatoms. The lowest BCUT2D eigenvalue weighted by Gasteiger charge is -2.34. The van der Waals surface area contributed by atoms with E-state index in [-0.39, 0.29) is 12.8 Å². The van der Waals surface area contributed by atoms with E-state index in [0.717, 1.165) is 13.1 Å². The fourth-order valence-electron chi connectivity index (χ4n) is 3.64. The van der Waals surface area contributed by atoms with Crippen molar-refractivity contribution in [1.29, 1.82) is 0 Å². The Morgan fingerprint density at radius 3 is 2.49 bits per heavy atom. The minimum Gasteiger partial charge on any atom is -0.388 e. The zero-order valence-corrected chi connectivity index (χ0v) is 19.7. The second-order valence-corrected chi connectivity index (χ2v) is 10.6. The van der Waals surface area contributed by atoms with Gasteiger partial charge < -0.3 is 34.5 Å². The standard InChI is InChI=1S/C19H25F3N3O9P/c1-4-18(3,34-35(31,32)8(2)26)6-11-13(28)14(29)16(33-11)25-7-9-10(27)5-12(19(20,21)22)23-15(9)24-17(25)30/h5,7-8,11,13-14,16,26,28-29H,4,6H2,1-3H3,(H,31,32)(H,23,24,30)/t8?,11-,13?,14+,16-,18?/m1/s1. The molecule has 0 aliphatic carbocycles. The topological polar surface area (TPSA) is 184 Å². The van der Waals surface area contributed by atoms with Gasteiger partial charge in [0.15, 0.2) is 17.5 Å². The summed E-state index contributed by atoms with van der Waals surface area (Å²) in [6.07, 6.45) is -10.3. The maximum Gasteiger partial charge on any atom is 0.431 e. The summed E-state index contributed by atoms with van der Waals surface area (Å²) in [4.78, 5) is 40.0. The molecule has 0 radical (unpaired) electrons. The number of halogens is 3. The minimum atomic E-state index is -4.88. The second-order valence-electron chi connectivity index (χ2n) is 8.58. The summed E-state index contributed by atoms with van der Waals surface area (Å²) in [6, 6.07) is 0.293. The molecule has 7 atom stereocenters. The predicted octanol–water partition coefficient (Wildman–Crippen LogP) is 0.822. The van der Waals surface area contributed by atoms with Crippen LogP contribution in [0.3, 0.4) is 0 Å². The monoisotopic (exact) mass is 527 g/mol. The third-order valence-electron chi connectivity index (χ3n) is 5.87. The molecule has 0 amide bonds. The van der Waals surface area contributed by atoms with Gasteiger partial charge in [0.25, 0.3) is 0 Å². The summed E-state index contributed by atoms with van der Waals surface area (Å²) in [5.74, 6) is -1.70. The molecule has 1 saturated heterocycles. The van der Waals surface area contributed by atoms with E-state index in [2.05, 4.69) is 4.98 Å². The van der Waals surface area contributed by atoms with E-state index in [9.17, 15) is 47.5 Å².